The Hall–Kier alpha value is -1.36. The summed E-state index contributed by atoms with van der Waals surface area (Å²) < 4.78 is 10.6. The van der Waals surface area contributed by atoms with Gasteiger partial charge in [-0.2, -0.15) is 0 Å². The van der Waals surface area contributed by atoms with Crippen LogP contribution in [0.25, 0.3) is 0 Å². The highest BCUT2D eigenvalue weighted by Crippen LogP contribution is 2.14. The lowest BCUT2D eigenvalue weighted by Crippen LogP contribution is -2.28. The van der Waals surface area contributed by atoms with Gasteiger partial charge in [-0.1, -0.05) is 167 Å². The van der Waals surface area contributed by atoms with Gasteiger partial charge in [0.25, 0.3) is 0 Å². The highest BCUT2D eigenvalue weighted by Gasteiger charge is 2.16. The average Bonchev–Trinajstić information content (AvgIpc) is 3.02. The third kappa shape index (κ3) is 33.5. The summed E-state index contributed by atoms with van der Waals surface area (Å²) in [5, 5.41) is 9.52. The molecule has 0 aliphatic heterocycles. The number of unbranched alkanes of at least 4 members (excludes halogenated alkanes) is 25. The molecule has 0 fully saturated rings. The molecule has 0 aliphatic carbocycles. The fraction of sp³-hybridized carbons (Fsp3) is 0.897. The summed E-state index contributed by atoms with van der Waals surface area (Å²) in [5.74, 6) is -0.586. The van der Waals surface area contributed by atoms with E-state index in [1.54, 1.807) is 0 Å². The zero-order chi connectivity index (χ0) is 32.2. The first-order valence-corrected chi connectivity index (χ1v) is 19.2. The van der Waals surface area contributed by atoms with Crippen LogP contribution in [0, 0.1) is 0 Å². The molecule has 5 nitrogen and oxygen atoms in total. The first-order chi connectivity index (χ1) is 21.6. The van der Waals surface area contributed by atoms with E-state index in [0.717, 1.165) is 38.5 Å². The fourth-order valence-electron chi connectivity index (χ4n) is 5.61. The van der Waals surface area contributed by atoms with E-state index >= 15 is 0 Å². The number of esters is 2. The monoisotopic (exact) mass is 623 g/mol. The largest absolute Gasteiger partial charge is 0.462 e. The minimum absolute atomic E-state index is 0.0613. The van der Waals surface area contributed by atoms with Gasteiger partial charge < -0.3 is 14.6 Å². The number of carbonyl (C=O) groups is 2. The van der Waals surface area contributed by atoms with Gasteiger partial charge in [0, 0.05) is 12.8 Å². The van der Waals surface area contributed by atoms with E-state index < -0.39 is 6.10 Å². The van der Waals surface area contributed by atoms with Crippen molar-refractivity contribution in [3.05, 3.63) is 12.2 Å². The molecule has 0 aromatic rings. The van der Waals surface area contributed by atoms with Crippen molar-refractivity contribution in [1.82, 2.24) is 0 Å². The number of aliphatic hydroxyl groups is 1. The molecule has 1 atom stereocenters. The van der Waals surface area contributed by atoms with E-state index in [1.807, 2.05) is 0 Å². The van der Waals surface area contributed by atoms with Gasteiger partial charge >= 0.3 is 11.9 Å². The maximum atomic E-state index is 12.1. The smallest absolute Gasteiger partial charge is 0.306 e. The van der Waals surface area contributed by atoms with E-state index in [-0.39, 0.29) is 25.2 Å². The second-order valence-electron chi connectivity index (χ2n) is 13.0. The first kappa shape index (κ1) is 42.6. The van der Waals surface area contributed by atoms with Crippen LogP contribution in [0.2, 0.25) is 0 Å². The van der Waals surface area contributed by atoms with Gasteiger partial charge in [0.1, 0.15) is 6.61 Å². The Bertz CT molecular complexity index is 632. The van der Waals surface area contributed by atoms with Crippen LogP contribution in [0.3, 0.4) is 0 Å². The van der Waals surface area contributed by atoms with E-state index in [0.29, 0.717) is 12.8 Å². The van der Waals surface area contributed by atoms with Crippen molar-refractivity contribution in [2.45, 2.75) is 213 Å². The Labute approximate surface area is 273 Å². The van der Waals surface area contributed by atoms with Crippen LogP contribution in [-0.4, -0.2) is 36.4 Å². The van der Waals surface area contributed by atoms with Gasteiger partial charge in [0.15, 0.2) is 6.10 Å². The molecule has 0 saturated heterocycles. The zero-order valence-corrected chi connectivity index (χ0v) is 29.4. The third-order valence-corrected chi connectivity index (χ3v) is 8.56. The van der Waals surface area contributed by atoms with Crippen LogP contribution in [0.15, 0.2) is 12.2 Å². The molecule has 0 spiro atoms. The summed E-state index contributed by atoms with van der Waals surface area (Å²) >= 11 is 0. The molecule has 0 rings (SSSR count). The Morgan fingerprint density at radius 2 is 0.841 bits per heavy atom. The van der Waals surface area contributed by atoms with E-state index in [4.69, 9.17) is 9.47 Å². The van der Waals surface area contributed by atoms with Gasteiger partial charge in [-0.15, -0.1) is 0 Å². The quantitative estimate of drug-likeness (QED) is 0.0432. The summed E-state index contributed by atoms with van der Waals surface area (Å²) in [6.07, 6.45) is 39.9. The van der Waals surface area contributed by atoms with E-state index in [9.17, 15) is 14.7 Å². The predicted molar refractivity (Wildman–Crippen MR) is 187 cm³/mol. The van der Waals surface area contributed by atoms with E-state index in [2.05, 4.69) is 26.0 Å². The molecule has 5 heteroatoms. The summed E-state index contributed by atoms with van der Waals surface area (Å²) in [6.45, 7) is 4.13. The second kappa shape index (κ2) is 36.1. The molecular weight excluding hydrogens is 548 g/mol. The normalized spacial score (nSPS) is 12.2. The number of hydrogen-bond donors (Lipinski definition) is 1. The van der Waals surface area contributed by atoms with Crippen LogP contribution in [0.4, 0.5) is 0 Å². The lowest BCUT2D eigenvalue weighted by molar-refractivity contribution is -0.161. The molecule has 0 aliphatic rings. The van der Waals surface area contributed by atoms with Crippen LogP contribution < -0.4 is 0 Å². The second-order valence-corrected chi connectivity index (χ2v) is 13.0. The van der Waals surface area contributed by atoms with Crippen LogP contribution in [0.5, 0.6) is 0 Å². The molecule has 1 N–H and O–H groups in total. The Morgan fingerprint density at radius 3 is 1.23 bits per heavy atom. The Morgan fingerprint density at radius 1 is 0.500 bits per heavy atom. The minimum atomic E-state index is -0.764. The van der Waals surface area contributed by atoms with Crippen molar-refractivity contribution in [3.8, 4) is 0 Å². The summed E-state index contributed by atoms with van der Waals surface area (Å²) in [5.41, 5.74) is 0. The van der Waals surface area contributed by atoms with Crippen LogP contribution >= 0.6 is 0 Å². The number of aliphatic hydroxyl groups excluding tert-OH is 1. The lowest BCUT2D eigenvalue weighted by Gasteiger charge is -2.15. The topological polar surface area (TPSA) is 72.8 Å². The summed E-state index contributed by atoms with van der Waals surface area (Å²) in [6, 6.07) is 0. The molecular formula is C39H74O5. The molecule has 260 valence electrons. The summed E-state index contributed by atoms with van der Waals surface area (Å²) in [4.78, 5) is 24.2. The molecule has 0 saturated carbocycles. The van der Waals surface area contributed by atoms with Crippen LogP contribution in [-0.2, 0) is 19.1 Å². The molecule has 44 heavy (non-hydrogen) atoms. The standard InChI is InChI=1S/C39H74O5/c1-3-5-7-9-11-13-15-16-17-18-19-20-21-22-24-25-27-29-31-33-38(41)43-36-37(35-40)44-39(42)34-32-30-28-26-23-14-12-10-8-6-4-2/h16-17,37,40H,3-15,18-36H2,1-2H3/t37-/m0/s1. The van der Waals surface area contributed by atoms with Crippen molar-refractivity contribution in [3.63, 3.8) is 0 Å². The van der Waals surface area contributed by atoms with Gasteiger partial charge in [-0.25, -0.2) is 0 Å². The Balaban J connectivity index is 3.50. The van der Waals surface area contributed by atoms with Gasteiger partial charge in [0.2, 0.25) is 0 Å². The van der Waals surface area contributed by atoms with Gasteiger partial charge in [-0.05, 0) is 38.5 Å². The van der Waals surface area contributed by atoms with Gasteiger partial charge in [-0.3, -0.25) is 9.59 Å². The number of hydrogen-bond acceptors (Lipinski definition) is 5. The molecule has 0 bridgehead atoms. The van der Waals surface area contributed by atoms with Crippen molar-refractivity contribution in [1.29, 1.82) is 0 Å². The average molecular weight is 623 g/mol. The van der Waals surface area contributed by atoms with Crippen molar-refractivity contribution < 1.29 is 24.2 Å². The third-order valence-electron chi connectivity index (χ3n) is 8.56. The highest BCUT2D eigenvalue weighted by molar-refractivity contribution is 5.70. The van der Waals surface area contributed by atoms with Crippen molar-refractivity contribution >= 4 is 11.9 Å². The zero-order valence-electron chi connectivity index (χ0n) is 29.4. The predicted octanol–water partition coefficient (Wildman–Crippen LogP) is 11.7. The molecule has 0 aromatic heterocycles. The summed E-state index contributed by atoms with van der Waals surface area (Å²) in [7, 11) is 0. The van der Waals surface area contributed by atoms with E-state index in [1.165, 1.54) is 141 Å². The SMILES string of the molecule is CCCCCCCCC=CCCCCCCCCCCCC(=O)OC[C@H](CO)OC(=O)CCCCCCCCCCCCC. The number of allylic oxidation sites excluding steroid dienone is 2. The maximum absolute atomic E-state index is 12.1. The van der Waals surface area contributed by atoms with Crippen LogP contribution in [0.1, 0.15) is 206 Å². The molecule has 0 aromatic carbocycles. The molecule has 0 amide bonds. The molecule has 0 unspecified atom stereocenters. The molecule has 0 radical (unpaired) electrons. The van der Waals surface area contributed by atoms with Gasteiger partial charge in [0.05, 0.1) is 6.61 Å². The first-order valence-electron chi connectivity index (χ1n) is 19.2. The van der Waals surface area contributed by atoms with Crippen molar-refractivity contribution in [2.75, 3.05) is 13.2 Å². The molecule has 0 heterocycles. The maximum Gasteiger partial charge on any atom is 0.306 e. The fourth-order valence-corrected chi connectivity index (χ4v) is 5.61. The lowest BCUT2D eigenvalue weighted by atomic mass is 10.1. The number of rotatable bonds is 35. The highest BCUT2D eigenvalue weighted by atomic mass is 16.6. The Kier molecular flexibility index (Phi) is 35.0. The number of carbonyl (C=O) groups excluding carboxylic acids is 2. The minimum Gasteiger partial charge on any atom is -0.462 e. The number of ether oxygens (including phenoxy) is 2. The van der Waals surface area contributed by atoms with Crippen molar-refractivity contribution in [2.24, 2.45) is 0 Å².